The number of hydrogen-bond donors (Lipinski definition) is 1. The first kappa shape index (κ1) is 14.1. The predicted molar refractivity (Wildman–Crippen MR) is 82.1 cm³/mol. The normalized spacial score (nSPS) is 24.1. The Morgan fingerprint density at radius 3 is 2.94 bits per heavy atom. The maximum absolute atomic E-state index is 12.6. The maximum Gasteiger partial charge on any atom is 0.255 e. The minimum absolute atomic E-state index is 0.0720. The third kappa shape index (κ3) is 2.81. The summed E-state index contributed by atoms with van der Waals surface area (Å²) in [5, 5.41) is 3.98. The van der Waals surface area contributed by atoms with Gasteiger partial charge in [0, 0.05) is 33.8 Å². The highest BCUT2D eigenvalue weighted by Crippen LogP contribution is 2.21. The van der Waals surface area contributed by atoms with Crippen LogP contribution >= 0.6 is 34.2 Å². The smallest absolute Gasteiger partial charge is 0.255 e. The molecule has 0 radical (unpaired) electrons. The number of piperazine rings is 1. The van der Waals surface area contributed by atoms with E-state index in [-0.39, 0.29) is 11.9 Å². The number of carbonyl (C=O) groups excluding carboxylic acids is 1. The van der Waals surface area contributed by atoms with E-state index in [0.29, 0.717) is 16.6 Å². The number of rotatable bonds is 1. The molecule has 1 amide bonds. The van der Waals surface area contributed by atoms with Crippen molar-refractivity contribution in [2.75, 3.05) is 13.1 Å². The highest BCUT2D eigenvalue weighted by atomic mass is 127. The fraction of sp³-hybridized carbons (Fsp3) is 0.462. The Balaban J connectivity index is 2.27. The van der Waals surface area contributed by atoms with Crippen molar-refractivity contribution in [1.29, 1.82) is 0 Å². The molecule has 0 spiro atoms. The van der Waals surface area contributed by atoms with E-state index in [1.165, 1.54) is 0 Å². The Hall–Kier alpha value is -0.330. The number of carbonyl (C=O) groups is 1. The standard InChI is InChI=1S/C13H16ClIN2O/c1-8-9(2)17(6-5-16-8)13(18)11-7-10(14)3-4-12(11)15/h3-4,7-9,16H,5-6H2,1-2H3. The minimum Gasteiger partial charge on any atom is -0.333 e. The van der Waals surface area contributed by atoms with Crippen LogP contribution in [0.25, 0.3) is 0 Å². The zero-order chi connectivity index (χ0) is 13.3. The van der Waals surface area contributed by atoms with E-state index in [2.05, 4.69) is 41.8 Å². The van der Waals surface area contributed by atoms with Gasteiger partial charge in [0.25, 0.3) is 5.91 Å². The van der Waals surface area contributed by atoms with Gasteiger partial charge in [-0.05, 0) is 54.6 Å². The molecular formula is C13H16ClIN2O. The molecule has 1 fully saturated rings. The second-order valence-corrected chi connectivity index (χ2v) is 6.20. The molecule has 98 valence electrons. The van der Waals surface area contributed by atoms with Gasteiger partial charge in [0.15, 0.2) is 0 Å². The second kappa shape index (κ2) is 5.75. The lowest BCUT2D eigenvalue weighted by Crippen LogP contribution is -2.57. The first-order valence-corrected chi connectivity index (χ1v) is 7.46. The summed E-state index contributed by atoms with van der Waals surface area (Å²) in [7, 11) is 0. The summed E-state index contributed by atoms with van der Waals surface area (Å²) in [4.78, 5) is 14.5. The summed E-state index contributed by atoms with van der Waals surface area (Å²) in [5.41, 5.74) is 0.698. The lowest BCUT2D eigenvalue weighted by atomic mass is 10.1. The minimum atomic E-state index is 0.0720. The molecule has 1 saturated heterocycles. The van der Waals surface area contributed by atoms with Crippen LogP contribution in [0.3, 0.4) is 0 Å². The maximum atomic E-state index is 12.6. The van der Waals surface area contributed by atoms with Crippen LogP contribution < -0.4 is 5.32 Å². The van der Waals surface area contributed by atoms with E-state index >= 15 is 0 Å². The molecule has 1 aromatic carbocycles. The summed E-state index contributed by atoms with van der Waals surface area (Å²) in [6.07, 6.45) is 0. The van der Waals surface area contributed by atoms with Gasteiger partial charge in [0.1, 0.15) is 0 Å². The molecule has 1 aliphatic heterocycles. The molecule has 0 aromatic heterocycles. The largest absolute Gasteiger partial charge is 0.333 e. The molecule has 1 aliphatic rings. The number of hydrogen-bond acceptors (Lipinski definition) is 2. The SMILES string of the molecule is CC1NCCN(C(=O)c2cc(Cl)ccc2I)C1C. The molecule has 2 atom stereocenters. The molecule has 3 nitrogen and oxygen atoms in total. The van der Waals surface area contributed by atoms with Crippen molar-refractivity contribution in [2.45, 2.75) is 25.9 Å². The van der Waals surface area contributed by atoms with Crippen LogP contribution in [0.5, 0.6) is 0 Å². The summed E-state index contributed by atoms with van der Waals surface area (Å²) in [6, 6.07) is 5.96. The molecule has 5 heteroatoms. The van der Waals surface area contributed by atoms with Crippen molar-refractivity contribution >= 4 is 40.1 Å². The third-order valence-electron chi connectivity index (χ3n) is 3.45. The first-order chi connectivity index (χ1) is 8.50. The number of halogens is 2. The highest BCUT2D eigenvalue weighted by molar-refractivity contribution is 14.1. The molecule has 0 saturated carbocycles. The Labute approximate surface area is 126 Å². The van der Waals surface area contributed by atoms with Crippen molar-refractivity contribution in [1.82, 2.24) is 10.2 Å². The molecule has 0 bridgehead atoms. The first-order valence-electron chi connectivity index (χ1n) is 6.00. The van der Waals surface area contributed by atoms with Gasteiger partial charge in [-0.3, -0.25) is 4.79 Å². The Kier molecular flexibility index (Phi) is 4.50. The number of nitrogens with one attached hydrogen (secondary N) is 1. The Morgan fingerprint density at radius 1 is 1.50 bits per heavy atom. The number of benzene rings is 1. The molecule has 1 heterocycles. The van der Waals surface area contributed by atoms with Gasteiger partial charge in [-0.15, -0.1) is 0 Å². The highest BCUT2D eigenvalue weighted by Gasteiger charge is 2.29. The molecule has 0 aliphatic carbocycles. The topological polar surface area (TPSA) is 32.3 Å². The van der Waals surface area contributed by atoms with Crippen LogP contribution in [0, 0.1) is 3.57 Å². The van der Waals surface area contributed by atoms with Crippen molar-refractivity contribution in [3.63, 3.8) is 0 Å². The average Bonchev–Trinajstić information content (AvgIpc) is 2.35. The lowest BCUT2D eigenvalue weighted by Gasteiger charge is -2.38. The van der Waals surface area contributed by atoms with E-state index in [9.17, 15) is 4.79 Å². The summed E-state index contributed by atoms with van der Waals surface area (Å²) in [5.74, 6) is 0.0720. The fourth-order valence-corrected chi connectivity index (χ4v) is 2.90. The quantitative estimate of drug-likeness (QED) is 0.762. The van der Waals surface area contributed by atoms with Gasteiger partial charge in [-0.1, -0.05) is 11.6 Å². The van der Waals surface area contributed by atoms with E-state index in [0.717, 1.165) is 16.7 Å². The zero-order valence-corrected chi connectivity index (χ0v) is 13.3. The van der Waals surface area contributed by atoms with Crippen LogP contribution in [0.15, 0.2) is 18.2 Å². The summed E-state index contributed by atoms with van der Waals surface area (Å²) >= 11 is 8.16. The average molecular weight is 379 g/mol. The van der Waals surface area contributed by atoms with Crippen molar-refractivity contribution in [3.05, 3.63) is 32.4 Å². The van der Waals surface area contributed by atoms with Crippen LogP contribution in [0.4, 0.5) is 0 Å². The van der Waals surface area contributed by atoms with Crippen molar-refractivity contribution in [3.8, 4) is 0 Å². The van der Waals surface area contributed by atoms with E-state index in [4.69, 9.17) is 11.6 Å². The van der Waals surface area contributed by atoms with E-state index in [1.807, 2.05) is 17.0 Å². The van der Waals surface area contributed by atoms with Crippen LogP contribution in [0.2, 0.25) is 5.02 Å². The monoisotopic (exact) mass is 378 g/mol. The summed E-state index contributed by atoms with van der Waals surface area (Å²) in [6.45, 7) is 5.76. The van der Waals surface area contributed by atoms with E-state index in [1.54, 1.807) is 6.07 Å². The molecule has 2 rings (SSSR count). The van der Waals surface area contributed by atoms with Gasteiger partial charge in [0.05, 0.1) is 5.56 Å². The lowest BCUT2D eigenvalue weighted by molar-refractivity contribution is 0.0602. The van der Waals surface area contributed by atoms with Gasteiger partial charge in [-0.2, -0.15) is 0 Å². The van der Waals surface area contributed by atoms with Crippen LogP contribution in [-0.2, 0) is 0 Å². The third-order valence-corrected chi connectivity index (χ3v) is 4.63. The second-order valence-electron chi connectivity index (χ2n) is 4.61. The van der Waals surface area contributed by atoms with Gasteiger partial charge in [0.2, 0.25) is 0 Å². The Bertz CT molecular complexity index is 466. The van der Waals surface area contributed by atoms with Crippen molar-refractivity contribution in [2.24, 2.45) is 0 Å². The van der Waals surface area contributed by atoms with Gasteiger partial charge < -0.3 is 10.2 Å². The zero-order valence-electron chi connectivity index (χ0n) is 10.4. The molecular weight excluding hydrogens is 363 g/mol. The van der Waals surface area contributed by atoms with Gasteiger partial charge in [-0.25, -0.2) is 0 Å². The summed E-state index contributed by atoms with van der Waals surface area (Å²) < 4.78 is 0.945. The molecule has 18 heavy (non-hydrogen) atoms. The number of nitrogens with zero attached hydrogens (tertiary/aromatic N) is 1. The molecule has 1 N–H and O–H groups in total. The van der Waals surface area contributed by atoms with Crippen LogP contribution in [-0.4, -0.2) is 36.0 Å². The number of amides is 1. The van der Waals surface area contributed by atoms with Crippen molar-refractivity contribution < 1.29 is 4.79 Å². The van der Waals surface area contributed by atoms with Crippen LogP contribution in [0.1, 0.15) is 24.2 Å². The van der Waals surface area contributed by atoms with Gasteiger partial charge >= 0.3 is 0 Å². The Morgan fingerprint density at radius 2 is 2.22 bits per heavy atom. The molecule has 1 aromatic rings. The molecule has 2 unspecified atom stereocenters. The van der Waals surface area contributed by atoms with E-state index < -0.39 is 0 Å². The predicted octanol–water partition coefficient (Wildman–Crippen LogP) is 2.77. The fourth-order valence-electron chi connectivity index (χ4n) is 2.16.